The summed E-state index contributed by atoms with van der Waals surface area (Å²) in [4.78, 5) is 23.9. The van der Waals surface area contributed by atoms with Gasteiger partial charge >= 0.3 is 5.97 Å². The van der Waals surface area contributed by atoms with Gasteiger partial charge in [0.1, 0.15) is 5.70 Å². The highest BCUT2D eigenvalue weighted by Crippen LogP contribution is 2.33. The average molecular weight is 315 g/mol. The van der Waals surface area contributed by atoms with Crippen molar-refractivity contribution in [2.45, 2.75) is 0 Å². The quantitative estimate of drug-likeness (QED) is 0.685. The monoisotopic (exact) mass is 315 g/mol. The molecule has 0 fully saturated rings. The first kappa shape index (κ1) is 14.7. The summed E-state index contributed by atoms with van der Waals surface area (Å²) >= 11 is 0. The zero-order valence-corrected chi connectivity index (χ0v) is 12.2. The molecule has 1 aliphatic heterocycles. The number of hydrogen-bond donors (Lipinski definition) is 1. The summed E-state index contributed by atoms with van der Waals surface area (Å²) in [5.74, 6) is 0.0576. The molecule has 118 valence electrons. The maximum atomic E-state index is 12.0. The molecule has 0 radical (unpaired) electrons. The van der Waals surface area contributed by atoms with Crippen molar-refractivity contribution >= 4 is 18.0 Å². The summed E-state index contributed by atoms with van der Waals surface area (Å²) in [6, 6.07) is 8.22. The lowest BCUT2D eigenvalue weighted by Gasteiger charge is -2.07. The molecule has 0 spiro atoms. The molecule has 0 bridgehead atoms. The van der Waals surface area contributed by atoms with Crippen molar-refractivity contribution in [2.75, 3.05) is 13.9 Å². The number of methoxy groups -OCH3 is 1. The average Bonchev–Trinajstić information content (AvgIpc) is 3.24. The van der Waals surface area contributed by atoms with Crippen LogP contribution in [0.15, 0.2) is 46.7 Å². The van der Waals surface area contributed by atoms with Crippen molar-refractivity contribution in [1.82, 2.24) is 5.32 Å². The Morgan fingerprint density at radius 1 is 1.22 bits per heavy atom. The maximum Gasteiger partial charge on any atom is 0.354 e. The van der Waals surface area contributed by atoms with Crippen molar-refractivity contribution in [3.05, 3.63) is 53.6 Å². The van der Waals surface area contributed by atoms with Gasteiger partial charge in [0.05, 0.1) is 13.4 Å². The third-order valence-corrected chi connectivity index (χ3v) is 3.11. The molecule has 1 aromatic carbocycles. The number of ether oxygens (including phenoxy) is 3. The zero-order valence-electron chi connectivity index (χ0n) is 12.2. The summed E-state index contributed by atoms with van der Waals surface area (Å²) in [6.07, 6.45) is 2.85. The molecule has 7 heteroatoms. The van der Waals surface area contributed by atoms with Crippen LogP contribution in [0.1, 0.15) is 16.1 Å². The van der Waals surface area contributed by atoms with Crippen LogP contribution in [0.4, 0.5) is 0 Å². The number of furan rings is 1. The first-order chi connectivity index (χ1) is 11.2. The molecule has 0 saturated carbocycles. The minimum atomic E-state index is -0.678. The fraction of sp³-hybridized carbons (Fsp3) is 0.125. The van der Waals surface area contributed by atoms with E-state index >= 15 is 0 Å². The highest BCUT2D eigenvalue weighted by atomic mass is 16.7. The topological polar surface area (TPSA) is 87.0 Å². The van der Waals surface area contributed by atoms with Gasteiger partial charge in [-0.25, -0.2) is 4.79 Å². The second kappa shape index (κ2) is 6.27. The molecule has 1 amide bonds. The van der Waals surface area contributed by atoms with Gasteiger partial charge in [-0.1, -0.05) is 6.07 Å². The third kappa shape index (κ3) is 3.18. The molecule has 0 saturated heterocycles. The molecule has 0 unspecified atom stereocenters. The summed E-state index contributed by atoms with van der Waals surface area (Å²) in [6.45, 7) is 0.154. The van der Waals surface area contributed by atoms with Gasteiger partial charge in [0.25, 0.3) is 5.91 Å². The van der Waals surface area contributed by atoms with Crippen molar-refractivity contribution in [3.8, 4) is 11.5 Å². The standard InChI is InChI=1S/C16H13NO6/c1-20-16(19)11(17-15(18)13-3-2-6-21-13)7-10-4-5-12-14(8-10)23-9-22-12/h2-8H,9H2,1H3,(H,17,18)/b11-7-. The Hall–Kier alpha value is -3.22. The molecule has 3 rings (SSSR count). The number of carbonyl (C=O) groups excluding carboxylic acids is 2. The number of esters is 1. The minimum Gasteiger partial charge on any atom is -0.464 e. The number of hydrogen-bond acceptors (Lipinski definition) is 6. The van der Waals surface area contributed by atoms with E-state index in [0.717, 1.165) is 0 Å². The highest BCUT2D eigenvalue weighted by molar-refractivity contribution is 6.02. The Kier molecular flexibility index (Phi) is 4.01. The summed E-state index contributed by atoms with van der Waals surface area (Å²) in [5, 5.41) is 2.47. The molecule has 2 heterocycles. The fourth-order valence-electron chi connectivity index (χ4n) is 2.02. The van der Waals surface area contributed by atoms with E-state index in [2.05, 4.69) is 10.1 Å². The number of carbonyl (C=O) groups is 2. The largest absolute Gasteiger partial charge is 0.464 e. The number of amides is 1. The molecule has 1 aromatic heterocycles. The first-order valence-electron chi connectivity index (χ1n) is 6.72. The first-order valence-corrected chi connectivity index (χ1v) is 6.72. The lowest BCUT2D eigenvalue weighted by atomic mass is 10.1. The Morgan fingerprint density at radius 3 is 2.78 bits per heavy atom. The maximum absolute atomic E-state index is 12.0. The Labute approximate surface area is 131 Å². The number of rotatable bonds is 4. The Balaban J connectivity index is 1.86. The molecule has 0 atom stereocenters. The van der Waals surface area contributed by atoms with Gasteiger partial charge in [-0.2, -0.15) is 0 Å². The van der Waals surface area contributed by atoms with E-state index in [4.69, 9.17) is 13.9 Å². The van der Waals surface area contributed by atoms with Crippen molar-refractivity contribution < 1.29 is 28.2 Å². The molecular formula is C16H13NO6. The number of fused-ring (bicyclic) bond motifs is 1. The van der Waals surface area contributed by atoms with Crippen LogP contribution in [0.5, 0.6) is 11.5 Å². The van der Waals surface area contributed by atoms with Gasteiger partial charge in [0.2, 0.25) is 6.79 Å². The SMILES string of the molecule is COC(=O)/C(=C/c1ccc2c(c1)OCO2)NC(=O)c1ccco1. The van der Waals surface area contributed by atoms with E-state index < -0.39 is 11.9 Å². The van der Waals surface area contributed by atoms with Gasteiger partial charge in [-0.15, -0.1) is 0 Å². The van der Waals surface area contributed by atoms with Crippen LogP contribution in [0.3, 0.4) is 0 Å². The van der Waals surface area contributed by atoms with E-state index in [-0.39, 0.29) is 18.3 Å². The summed E-state index contributed by atoms with van der Waals surface area (Å²) in [5.41, 5.74) is 0.627. The molecule has 1 aliphatic rings. The minimum absolute atomic E-state index is 0.0206. The third-order valence-electron chi connectivity index (χ3n) is 3.11. The molecule has 1 N–H and O–H groups in total. The lowest BCUT2D eigenvalue weighted by Crippen LogP contribution is -2.27. The summed E-state index contributed by atoms with van der Waals surface area (Å²) < 4.78 is 20.2. The number of benzene rings is 1. The zero-order chi connectivity index (χ0) is 16.2. The van der Waals surface area contributed by atoms with Gasteiger partial charge < -0.3 is 23.9 Å². The summed E-state index contributed by atoms with van der Waals surface area (Å²) in [7, 11) is 1.23. The van der Waals surface area contributed by atoms with Crippen molar-refractivity contribution in [1.29, 1.82) is 0 Å². The van der Waals surface area contributed by atoms with Crippen LogP contribution in [-0.2, 0) is 9.53 Å². The lowest BCUT2D eigenvalue weighted by molar-refractivity contribution is -0.136. The van der Waals surface area contributed by atoms with Crippen molar-refractivity contribution in [2.24, 2.45) is 0 Å². The van der Waals surface area contributed by atoms with Crippen LogP contribution in [0, 0.1) is 0 Å². The normalized spacial score (nSPS) is 12.8. The predicted octanol–water partition coefficient (Wildman–Crippen LogP) is 1.95. The Morgan fingerprint density at radius 2 is 2.04 bits per heavy atom. The molecule has 7 nitrogen and oxygen atoms in total. The molecular weight excluding hydrogens is 302 g/mol. The van der Waals surface area contributed by atoms with Crippen molar-refractivity contribution in [3.63, 3.8) is 0 Å². The second-order valence-corrected chi connectivity index (χ2v) is 4.59. The Bertz CT molecular complexity index is 763. The fourth-order valence-corrected chi connectivity index (χ4v) is 2.02. The van der Waals surface area contributed by atoms with Gasteiger partial charge in [-0.3, -0.25) is 4.79 Å². The van der Waals surface area contributed by atoms with E-state index in [1.165, 1.54) is 25.5 Å². The molecule has 2 aromatic rings. The molecule has 0 aliphatic carbocycles. The highest BCUT2D eigenvalue weighted by Gasteiger charge is 2.18. The molecule has 23 heavy (non-hydrogen) atoms. The van der Waals surface area contributed by atoms with Crippen LogP contribution in [0.25, 0.3) is 6.08 Å². The predicted molar refractivity (Wildman–Crippen MR) is 78.7 cm³/mol. The number of nitrogens with one attached hydrogen (secondary N) is 1. The van der Waals surface area contributed by atoms with Crippen LogP contribution >= 0.6 is 0 Å². The van der Waals surface area contributed by atoms with Crippen LogP contribution in [-0.4, -0.2) is 25.8 Å². The van der Waals surface area contributed by atoms with E-state index in [9.17, 15) is 9.59 Å². The van der Waals surface area contributed by atoms with Gasteiger partial charge in [-0.05, 0) is 35.9 Å². The van der Waals surface area contributed by atoms with Gasteiger partial charge in [0, 0.05) is 0 Å². The second-order valence-electron chi connectivity index (χ2n) is 4.59. The van der Waals surface area contributed by atoms with Crippen LogP contribution < -0.4 is 14.8 Å². The van der Waals surface area contributed by atoms with E-state index in [1.54, 1.807) is 24.3 Å². The van der Waals surface area contributed by atoms with E-state index in [0.29, 0.717) is 17.1 Å². The smallest absolute Gasteiger partial charge is 0.354 e. The van der Waals surface area contributed by atoms with E-state index in [1.807, 2.05) is 0 Å². The van der Waals surface area contributed by atoms with Gasteiger partial charge in [0.15, 0.2) is 17.3 Å². The van der Waals surface area contributed by atoms with Crippen LogP contribution in [0.2, 0.25) is 0 Å².